The van der Waals surface area contributed by atoms with Gasteiger partial charge in [-0.3, -0.25) is 10.1 Å². The summed E-state index contributed by atoms with van der Waals surface area (Å²) in [6, 6.07) is 10.6. The van der Waals surface area contributed by atoms with Crippen molar-refractivity contribution in [1.82, 2.24) is 0 Å². The summed E-state index contributed by atoms with van der Waals surface area (Å²) in [5, 5.41) is 11.2. The van der Waals surface area contributed by atoms with Crippen molar-refractivity contribution >= 4 is 46.8 Å². The van der Waals surface area contributed by atoms with Gasteiger partial charge in [0.1, 0.15) is 0 Å². The molecule has 0 fully saturated rings. The fourth-order valence-corrected chi connectivity index (χ4v) is 3.33. The van der Waals surface area contributed by atoms with Crippen LogP contribution < -0.4 is 0 Å². The zero-order chi connectivity index (χ0) is 17.2. The normalized spacial score (nSPS) is 11.3. The first-order valence-corrected chi connectivity index (χ1v) is 9.28. The Kier molecular flexibility index (Phi) is 5.51. The highest BCUT2D eigenvalue weighted by Gasteiger charge is 2.44. The summed E-state index contributed by atoms with van der Waals surface area (Å²) in [6.45, 7) is 0. The molecule has 3 N–H and O–H groups in total. The summed E-state index contributed by atoms with van der Waals surface area (Å²) >= 11 is 4.42. The Balaban J connectivity index is 2.39. The van der Waals surface area contributed by atoms with Crippen LogP contribution in [-0.2, 0) is 0 Å². The fourth-order valence-electron chi connectivity index (χ4n) is 1.68. The van der Waals surface area contributed by atoms with E-state index in [0.717, 1.165) is 27.2 Å². The van der Waals surface area contributed by atoms with E-state index < -0.39 is 18.4 Å². The molecule has 0 atom stereocenters. The molecule has 0 aliphatic heterocycles. The summed E-state index contributed by atoms with van der Waals surface area (Å²) in [6.07, 6.45) is 0. The lowest BCUT2D eigenvalue weighted by molar-refractivity contribution is -0.387. The van der Waals surface area contributed by atoms with E-state index in [2.05, 4.69) is 15.9 Å². The van der Waals surface area contributed by atoms with Gasteiger partial charge < -0.3 is 0 Å². The van der Waals surface area contributed by atoms with E-state index in [1.165, 1.54) is 12.1 Å². The molecule has 0 aliphatic rings. The molecule has 7 nitrogen and oxygen atoms in total. The summed E-state index contributed by atoms with van der Waals surface area (Å²) < 4.78 is 0.867. The van der Waals surface area contributed by atoms with Crippen LogP contribution in [0.5, 0.6) is 0 Å². The first kappa shape index (κ1) is 18.0. The third-order valence-electron chi connectivity index (χ3n) is 2.72. The van der Waals surface area contributed by atoms with Gasteiger partial charge in [-0.2, -0.15) is 14.7 Å². The number of carbonyl (C=O) groups is 1. The Morgan fingerprint density at radius 3 is 2.26 bits per heavy atom. The number of halogens is 1. The van der Waals surface area contributed by atoms with Gasteiger partial charge >= 0.3 is 13.5 Å². The molecule has 0 aliphatic carbocycles. The number of carbonyl (C=O) groups excluding carboxylic acids is 1. The molecule has 2 rings (SSSR count). The quantitative estimate of drug-likeness (QED) is 0.386. The van der Waals surface area contributed by atoms with Crippen LogP contribution in [0.2, 0.25) is 0 Å². The minimum atomic E-state index is -4.74. The van der Waals surface area contributed by atoms with Crippen LogP contribution in [0.15, 0.2) is 56.7 Å². The van der Waals surface area contributed by atoms with Crippen LogP contribution in [0.1, 0.15) is 10.4 Å². The lowest BCUT2D eigenvalue weighted by Crippen LogP contribution is -2.06. The van der Waals surface area contributed by atoms with Crippen molar-refractivity contribution < 1.29 is 24.4 Å². The molecule has 2 aromatic rings. The number of nitro groups is 1. The summed E-state index contributed by atoms with van der Waals surface area (Å²) in [7, 11) is -4.74. The van der Waals surface area contributed by atoms with E-state index in [1.807, 2.05) is 0 Å². The van der Waals surface area contributed by atoms with Crippen LogP contribution in [0.3, 0.4) is 0 Å². The molecular weight excluding hydrogens is 409 g/mol. The SMILES string of the molecule is O=C(c1ccc(Sc2ccc(Br)cc2)c([N+](=O)[O-])c1)[P+](O)(O)O. The number of nitrogens with zero attached hydrogens (tertiary/aromatic N) is 1. The van der Waals surface area contributed by atoms with Gasteiger partial charge in [-0.15, -0.1) is 0 Å². The molecule has 10 heteroatoms. The van der Waals surface area contributed by atoms with Crippen molar-refractivity contribution in [2.45, 2.75) is 9.79 Å². The van der Waals surface area contributed by atoms with Crippen molar-refractivity contribution in [3.8, 4) is 0 Å². The van der Waals surface area contributed by atoms with Crippen LogP contribution in [0.4, 0.5) is 5.69 Å². The van der Waals surface area contributed by atoms with Crippen molar-refractivity contribution in [2.75, 3.05) is 0 Å². The van der Waals surface area contributed by atoms with E-state index >= 15 is 0 Å². The first-order chi connectivity index (χ1) is 10.7. The molecular formula is C13H10BrNO6PS+. The number of hydrogen-bond donors (Lipinski definition) is 3. The molecule has 0 unspecified atom stereocenters. The lowest BCUT2D eigenvalue weighted by atomic mass is 10.2. The van der Waals surface area contributed by atoms with E-state index in [1.54, 1.807) is 24.3 Å². The predicted molar refractivity (Wildman–Crippen MR) is 89.3 cm³/mol. The van der Waals surface area contributed by atoms with Gasteiger partial charge in [-0.25, -0.2) is 4.79 Å². The first-order valence-electron chi connectivity index (χ1n) is 6.02. The Morgan fingerprint density at radius 1 is 1.13 bits per heavy atom. The molecule has 0 heterocycles. The van der Waals surface area contributed by atoms with E-state index in [-0.39, 0.29) is 16.1 Å². The molecule has 0 spiro atoms. The van der Waals surface area contributed by atoms with Crippen LogP contribution in [-0.4, -0.2) is 25.1 Å². The Labute approximate surface area is 143 Å². The second-order valence-electron chi connectivity index (χ2n) is 4.37. The van der Waals surface area contributed by atoms with Gasteiger partial charge in [0.15, 0.2) is 0 Å². The third-order valence-corrected chi connectivity index (χ3v) is 5.12. The molecule has 0 aromatic heterocycles. The smallest absolute Gasteiger partial charge is 0.258 e. The Morgan fingerprint density at radius 2 is 1.74 bits per heavy atom. The summed E-state index contributed by atoms with van der Waals surface area (Å²) in [5.41, 5.74) is -2.03. The number of nitro benzene ring substituents is 1. The highest BCUT2D eigenvalue weighted by Crippen LogP contribution is 2.48. The van der Waals surface area contributed by atoms with E-state index in [0.29, 0.717) is 0 Å². The average Bonchev–Trinajstić information content (AvgIpc) is 2.48. The second kappa shape index (κ2) is 7.04. The molecule has 0 radical (unpaired) electrons. The maximum Gasteiger partial charge on any atom is 0.483 e. The Bertz CT molecular complexity index is 762. The van der Waals surface area contributed by atoms with Crippen molar-refractivity contribution in [3.63, 3.8) is 0 Å². The maximum atomic E-state index is 11.6. The monoisotopic (exact) mass is 418 g/mol. The average molecular weight is 419 g/mol. The Hall–Kier alpha value is -1.35. The van der Waals surface area contributed by atoms with Crippen molar-refractivity contribution in [2.24, 2.45) is 0 Å². The molecule has 0 saturated carbocycles. The number of benzene rings is 2. The minimum absolute atomic E-state index is 0.284. The molecule has 120 valence electrons. The van der Waals surface area contributed by atoms with Crippen molar-refractivity contribution in [3.05, 3.63) is 62.6 Å². The van der Waals surface area contributed by atoms with E-state index in [4.69, 9.17) is 14.7 Å². The molecule has 0 amide bonds. The van der Waals surface area contributed by atoms with Gasteiger partial charge in [0, 0.05) is 15.4 Å². The minimum Gasteiger partial charge on any atom is -0.258 e. The predicted octanol–water partition coefficient (Wildman–Crippen LogP) is 3.39. The van der Waals surface area contributed by atoms with E-state index in [9.17, 15) is 14.9 Å². The van der Waals surface area contributed by atoms with Crippen LogP contribution in [0, 0.1) is 10.1 Å². The zero-order valence-corrected chi connectivity index (χ0v) is 14.6. The largest absolute Gasteiger partial charge is 0.483 e. The molecule has 0 bridgehead atoms. The lowest BCUT2D eigenvalue weighted by Gasteiger charge is -2.06. The van der Waals surface area contributed by atoms with Crippen molar-refractivity contribution in [1.29, 1.82) is 0 Å². The zero-order valence-electron chi connectivity index (χ0n) is 11.3. The van der Waals surface area contributed by atoms with Gasteiger partial charge in [0.05, 0.1) is 15.4 Å². The molecule has 0 saturated heterocycles. The second-order valence-corrected chi connectivity index (χ2v) is 7.94. The highest BCUT2D eigenvalue weighted by molar-refractivity contribution is 9.10. The standard InChI is InChI=1S/C13H10BrNO6PS/c14-9-2-4-10(5-3-9)23-12-6-1-8(7-11(12)15(17)18)13(16)22(19,20)21/h1-7,19-21H/q+1. The third kappa shape index (κ3) is 4.57. The highest BCUT2D eigenvalue weighted by atomic mass is 79.9. The topological polar surface area (TPSA) is 121 Å². The summed E-state index contributed by atoms with van der Waals surface area (Å²) in [5.74, 6) is 0. The molecule has 2 aromatic carbocycles. The number of hydrogen-bond acceptors (Lipinski definition) is 7. The van der Waals surface area contributed by atoms with Gasteiger partial charge in [-0.1, -0.05) is 27.7 Å². The summed E-state index contributed by atoms with van der Waals surface area (Å²) in [4.78, 5) is 50.1. The van der Waals surface area contributed by atoms with Gasteiger partial charge in [-0.05, 0) is 36.4 Å². The maximum absolute atomic E-state index is 11.6. The fraction of sp³-hybridized carbons (Fsp3) is 0. The number of rotatable bonds is 5. The van der Waals surface area contributed by atoms with Crippen LogP contribution >= 0.6 is 35.6 Å². The molecule has 23 heavy (non-hydrogen) atoms. The van der Waals surface area contributed by atoms with Gasteiger partial charge in [0.25, 0.3) is 5.69 Å². The van der Waals surface area contributed by atoms with Gasteiger partial charge in [0.2, 0.25) is 0 Å². The van der Waals surface area contributed by atoms with Crippen LogP contribution in [0.25, 0.3) is 0 Å².